The number of benzene rings is 2. The van der Waals surface area contributed by atoms with Crippen LogP contribution in [-0.4, -0.2) is 0 Å². The maximum atomic E-state index is 3.10. The van der Waals surface area contributed by atoms with Crippen molar-refractivity contribution in [1.82, 2.24) is 0 Å². The lowest BCUT2D eigenvalue weighted by atomic mass is 10.0. The standard InChI is InChI=1S/C12H11/c1-9-7-8-11-5-3-4-6-12(11)10(9)2/h3,5-8H,1-2H3. The van der Waals surface area contributed by atoms with Gasteiger partial charge in [0.2, 0.25) is 0 Å². The summed E-state index contributed by atoms with van der Waals surface area (Å²) >= 11 is 0. The Hall–Kier alpha value is -1.30. The van der Waals surface area contributed by atoms with Crippen LogP contribution in [0.25, 0.3) is 10.8 Å². The average Bonchev–Trinajstić information content (AvgIpc) is 2.12. The molecule has 0 heteroatoms. The zero-order valence-corrected chi connectivity index (χ0v) is 7.39. The van der Waals surface area contributed by atoms with Gasteiger partial charge in [0.05, 0.1) is 0 Å². The molecule has 0 spiro atoms. The third-order valence-electron chi connectivity index (χ3n) is 2.41. The lowest BCUT2D eigenvalue weighted by Crippen LogP contribution is -1.82. The summed E-state index contributed by atoms with van der Waals surface area (Å²) in [5.74, 6) is 0. The Bertz CT molecular complexity index is 413. The molecule has 0 aliphatic rings. The minimum absolute atomic E-state index is 1.30. The second kappa shape index (κ2) is 2.63. The van der Waals surface area contributed by atoms with Gasteiger partial charge in [0.25, 0.3) is 0 Å². The van der Waals surface area contributed by atoms with Gasteiger partial charge in [0, 0.05) is 0 Å². The molecule has 0 fully saturated rings. The molecule has 0 saturated heterocycles. The predicted molar refractivity (Wildman–Crippen MR) is 52.3 cm³/mol. The fraction of sp³-hybridized carbons (Fsp3) is 0.167. The van der Waals surface area contributed by atoms with Crippen LogP contribution in [0.15, 0.2) is 30.3 Å². The van der Waals surface area contributed by atoms with E-state index >= 15 is 0 Å². The summed E-state index contributed by atoms with van der Waals surface area (Å²) in [5, 5.41) is 2.62. The topological polar surface area (TPSA) is 0 Å². The molecule has 2 aromatic rings. The van der Waals surface area contributed by atoms with E-state index in [0.29, 0.717) is 0 Å². The minimum atomic E-state index is 1.30. The first kappa shape index (κ1) is 7.35. The van der Waals surface area contributed by atoms with Crippen molar-refractivity contribution in [3.63, 3.8) is 0 Å². The number of hydrogen-bond acceptors (Lipinski definition) is 0. The van der Waals surface area contributed by atoms with Gasteiger partial charge in [-0.15, -0.1) is 0 Å². The molecule has 0 atom stereocenters. The van der Waals surface area contributed by atoms with Gasteiger partial charge in [0.1, 0.15) is 0 Å². The van der Waals surface area contributed by atoms with Crippen LogP contribution < -0.4 is 0 Å². The molecule has 0 aliphatic heterocycles. The fourth-order valence-corrected chi connectivity index (χ4v) is 1.46. The molecule has 0 aromatic heterocycles. The summed E-state index contributed by atoms with van der Waals surface area (Å²) < 4.78 is 0. The van der Waals surface area contributed by atoms with E-state index in [-0.39, 0.29) is 0 Å². The summed E-state index contributed by atoms with van der Waals surface area (Å²) in [4.78, 5) is 0. The Morgan fingerprint density at radius 1 is 1.08 bits per heavy atom. The van der Waals surface area contributed by atoms with Crippen LogP contribution in [0.5, 0.6) is 0 Å². The van der Waals surface area contributed by atoms with Crippen molar-refractivity contribution in [1.29, 1.82) is 0 Å². The first-order chi connectivity index (χ1) is 5.79. The number of hydrogen-bond donors (Lipinski definition) is 0. The predicted octanol–water partition coefficient (Wildman–Crippen LogP) is 3.26. The molecule has 59 valence electrons. The summed E-state index contributed by atoms with van der Waals surface area (Å²) in [5.41, 5.74) is 2.71. The molecule has 2 rings (SSSR count). The molecule has 12 heavy (non-hydrogen) atoms. The summed E-state index contributed by atoms with van der Waals surface area (Å²) in [6.45, 7) is 4.30. The molecule has 0 aliphatic carbocycles. The second-order valence-corrected chi connectivity index (χ2v) is 3.15. The van der Waals surface area contributed by atoms with E-state index in [0.717, 1.165) is 0 Å². The summed E-state index contributed by atoms with van der Waals surface area (Å²) in [7, 11) is 0. The highest BCUT2D eigenvalue weighted by molar-refractivity contribution is 5.86. The smallest absolute Gasteiger partial charge is 0.0146 e. The molecule has 0 saturated carbocycles. The Morgan fingerprint density at radius 3 is 2.75 bits per heavy atom. The monoisotopic (exact) mass is 155 g/mol. The molecular weight excluding hydrogens is 144 g/mol. The fourth-order valence-electron chi connectivity index (χ4n) is 1.46. The quantitative estimate of drug-likeness (QED) is 0.547. The second-order valence-electron chi connectivity index (χ2n) is 3.15. The van der Waals surface area contributed by atoms with E-state index in [1.165, 1.54) is 21.9 Å². The van der Waals surface area contributed by atoms with Gasteiger partial charge < -0.3 is 0 Å². The number of fused-ring (bicyclic) bond motifs is 1. The van der Waals surface area contributed by atoms with Gasteiger partial charge in [-0.3, -0.25) is 0 Å². The van der Waals surface area contributed by atoms with E-state index in [1.54, 1.807) is 0 Å². The zero-order chi connectivity index (χ0) is 8.55. The molecule has 0 heterocycles. The molecule has 2 aromatic carbocycles. The molecule has 0 unspecified atom stereocenters. The van der Waals surface area contributed by atoms with Crippen molar-refractivity contribution in [3.8, 4) is 0 Å². The largest absolute Gasteiger partial charge is 0.0584 e. The molecule has 1 radical (unpaired) electrons. The van der Waals surface area contributed by atoms with Crippen LogP contribution >= 0.6 is 0 Å². The molecule has 0 bridgehead atoms. The van der Waals surface area contributed by atoms with E-state index in [4.69, 9.17) is 0 Å². The molecule has 0 N–H and O–H groups in total. The van der Waals surface area contributed by atoms with Gasteiger partial charge >= 0.3 is 0 Å². The number of aryl methyl sites for hydroxylation is 2. The van der Waals surface area contributed by atoms with Crippen LogP contribution in [0, 0.1) is 19.9 Å². The van der Waals surface area contributed by atoms with Gasteiger partial charge in [-0.1, -0.05) is 24.3 Å². The normalized spacial score (nSPS) is 10.5. The van der Waals surface area contributed by atoms with E-state index in [9.17, 15) is 0 Å². The maximum absolute atomic E-state index is 3.10. The highest BCUT2D eigenvalue weighted by Gasteiger charge is 1.97. The Balaban J connectivity index is 2.91. The Labute approximate surface area is 72.8 Å². The van der Waals surface area contributed by atoms with Crippen LogP contribution in [0.3, 0.4) is 0 Å². The highest BCUT2D eigenvalue weighted by atomic mass is 14.0. The van der Waals surface area contributed by atoms with Crippen LogP contribution in [0.4, 0.5) is 0 Å². The first-order valence-electron chi connectivity index (χ1n) is 4.15. The third-order valence-corrected chi connectivity index (χ3v) is 2.41. The Morgan fingerprint density at radius 2 is 1.92 bits per heavy atom. The van der Waals surface area contributed by atoms with Gasteiger partial charge in [0.15, 0.2) is 0 Å². The van der Waals surface area contributed by atoms with Gasteiger partial charge in [-0.25, -0.2) is 0 Å². The van der Waals surface area contributed by atoms with Crippen LogP contribution in [0.1, 0.15) is 11.1 Å². The van der Waals surface area contributed by atoms with Crippen molar-refractivity contribution >= 4 is 10.8 Å². The van der Waals surface area contributed by atoms with Crippen LogP contribution in [-0.2, 0) is 0 Å². The first-order valence-corrected chi connectivity index (χ1v) is 4.15. The van der Waals surface area contributed by atoms with Crippen molar-refractivity contribution in [2.45, 2.75) is 13.8 Å². The lowest BCUT2D eigenvalue weighted by molar-refractivity contribution is 1.38. The van der Waals surface area contributed by atoms with E-state index < -0.39 is 0 Å². The van der Waals surface area contributed by atoms with Crippen molar-refractivity contribution in [3.05, 3.63) is 47.5 Å². The minimum Gasteiger partial charge on any atom is -0.0584 e. The number of rotatable bonds is 0. The average molecular weight is 155 g/mol. The maximum Gasteiger partial charge on any atom is -0.0146 e. The van der Waals surface area contributed by atoms with Crippen LogP contribution in [0.2, 0.25) is 0 Å². The zero-order valence-electron chi connectivity index (χ0n) is 7.39. The van der Waals surface area contributed by atoms with Gasteiger partial charge in [-0.05, 0) is 47.9 Å². The molecule has 0 amide bonds. The van der Waals surface area contributed by atoms with Crippen molar-refractivity contribution in [2.24, 2.45) is 0 Å². The van der Waals surface area contributed by atoms with Crippen molar-refractivity contribution in [2.75, 3.05) is 0 Å². The van der Waals surface area contributed by atoms with E-state index in [2.05, 4.69) is 44.2 Å². The summed E-state index contributed by atoms with van der Waals surface area (Å²) in [6, 6.07) is 13.5. The van der Waals surface area contributed by atoms with E-state index in [1.807, 2.05) is 6.07 Å². The SMILES string of the molecule is Cc1ccc2cc[c]cc2c1C. The lowest BCUT2D eigenvalue weighted by Gasteiger charge is -2.03. The van der Waals surface area contributed by atoms with Crippen molar-refractivity contribution < 1.29 is 0 Å². The highest BCUT2D eigenvalue weighted by Crippen LogP contribution is 2.20. The third kappa shape index (κ3) is 1.00. The Kier molecular flexibility index (Phi) is 1.61. The summed E-state index contributed by atoms with van der Waals surface area (Å²) in [6.07, 6.45) is 0. The van der Waals surface area contributed by atoms with Gasteiger partial charge in [-0.2, -0.15) is 0 Å². The molecule has 0 nitrogen and oxygen atoms in total. The molecular formula is C12H11.